The number of amides is 2. The summed E-state index contributed by atoms with van der Waals surface area (Å²) in [5.41, 5.74) is 1.15. The van der Waals surface area contributed by atoms with Crippen molar-refractivity contribution in [3.8, 4) is 0 Å². The summed E-state index contributed by atoms with van der Waals surface area (Å²) in [7, 11) is 0. The molecule has 1 fully saturated rings. The Bertz CT molecular complexity index is 807. The molecule has 0 aliphatic heterocycles. The van der Waals surface area contributed by atoms with Gasteiger partial charge in [-0.05, 0) is 31.4 Å². The second kappa shape index (κ2) is 9.19. The lowest BCUT2D eigenvalue weighted by Crippen LogP contribution is -2.37. The van der Waals surface area contributed by atoms with Crippen molar-refractivity contribution in [3.63, 3.8) is 0 Å². The van der Waals surface area contributed by atoms with Gasteiger partial charge in [0.05, 0.1) is 10.7 Å². The van der Waals surface area contributed by atoms with Crippen molar-refractivity contribution in [1.29, 1.82) is 0 Å². The molecule has 1 aromatic heterocycles. The van der Waals surface area contributed by atoms with Gasteiger partial charge in [-0.15, -0.1) is 11.3 Å². The molecule has 0 radical (unpaired) electrons. The number of anilines is 2. The van der Waals surface area contributed by atoms with E-state index >= 15 is 0 Å². The maximum atomic E-state index is 12.9. The smallest absolute Gasteiger partial charge is 0.273 e. The fourth-order valence-corrected chi connectivity index (χ4v) is 3.54. The van der Waals surface area contributed by atoms with Crippen LogP contribution >= 0.6 is 22.9 Å². The van der Waals surface area contributed by atoms with E-state index in [1.807, 2.05) is 25.1 Å². The SMILES string of the molecule is CCCNC(=O)CCN(C(=O)c1csc(Nc2ccccc2Cl)n1)C1CC1. The number of hydrogen-bond acceptors (Lipinski definition) is 5. The Labute approximate surface area is 167 Å². The van der Waals surface area contributed by atoms with E-state index in [1.54, 1.807) is 16.3 Å². The topological polar surface area (TPSA) is 74.3 Å². The summed E-state index contributed by atoms with van der Waals surface area (Å²) < 4.78 is 0. The van der Waals surface area contributed by atoms with Gasteiger partial charge < -0.3 is 15.5 Å². The number of halogens is 1. The summed E-state index contributed by atoms with van der Waals surface area (Å²) in [5.74, 6) is -0.140. The highest BCUT2D eigenvalue weighted by Gasteiger charge is 2.34. The lowest BCUT2D eigenvalue weighted by Gasteiger charge is -2.21. The summed E-state index contributed by atoms with van der Waals surface area (Å²) in [5, 5.41) is 8.95. The zero-order chi connectivity index (χ0) is 19.2. The van der Waals surface area contributed by atoms with E-state index < -0.39 is 0 Å². The molecule has 6 nitrogen and oxygen atoms in total. The molecule has 1 heterocycles. The first kappa shape index (κ1) is 19.6. The van der Waals surface area contributed by atoms with Gasteiger partial charge in [-0.25, -0.2) is 4.98 Å². The Kier molecular flexibility index (Phi) is 6.68. The van der Waals surface area contributed by atoms with Crippen LogP contribution in [0.15, 0.2) is 29.6 Å². The molecule has 3 rings (SSSR count). The standard InChI is InChI=1S/C19H23ClN4O2S/c1-2-10-21-17(25)9-11-24(13-7-8-13)18(26)16-12-27-19(23-16)22-15-6-4-3-5-14(15)20/h3-6,12-13H,2,7-11H2,1H3,(H,21,25)(H,22,23). The predicted molar refractivity (Wildman–Crippen MR) is 109 cm³/mol. The predicted octanol–water partition coefficient (Wildman–Crippen LogP) is 4.06. The number of nitrogens with one attached hydrogen (secondary N) is 2. The minimum atomic E-state index is -0.121. The molecule has 0 bridgehead atoms. The van der Waals surface area contributed by atoms with Crippen molar-refractivity contribution in [2.75, 3.05) is 18.4 Å². The third-order valence-corrected chi connectivity index (χ3v) is 5.33. The second-order valence-electron chi connectivity index (χ2n) is 6.47. The highest BCUT2D eigenvalue weighted by molar-refractivity contribution is 7.14. The van der Waals surface area contributed by atoms with E-state index in [-0.39, 0.29) is 17.9 Å². The first-order chi connectivity index (χ1) is 13.1. The number of nitrogens with zero attached hydrogens (tertiary/aromatic N) is 2. The number of aromatic nitrogens is 1. The Morgan fingerprint density at radius 1 is 1.33 bits per heavy atom. The van der Waals surface area contributed by atoms with Gasteiger partial charge in [-0.2, -0.15) is 0 Å². The summed E-state index contributed by atoms with van der Waals surface area (Å²) >= 11 is 7.51. The molecule has 2 N–H and O–H groups in total. The summed E-state index contributed by atoms with van der Waals surface area (Å²) in [6.07, 6.45) is 3.18. The van der Waals surface area contributed by atoms with Gasteiger partial charge in [-0.1, -0.05) is 30.7 Å². The summed E-state index contributed by atoms with van der Waals surface area (Å²) in [4.78, 5) is 30.9. The van der Waals surface area contributed by atoms with E-state index in [0.29, 0.717) is 35.4 Å². The van der Waals surface area contributed by atoms with Gasteiger partial charge in [0.2, 0.25) is 5.91 Å². The van der Waals surface area contributed by atoms with Crippen LogP contribution in [0.1, 0.15) is 43.1 Å². The molecular weight excluding hydrogens is 384 g/mol. The van der Waals surface area contributed by atoms with Crippen molar-refractivity contribution in [2.24, 2.45) is 0 Å². The molecule has 1 aliphatic carbocycles. The van der Waals surface area contributed by atoms with Crippen molar-refractivity contribution in [2.45, 2.75) is 38.6 Å². The third-order valence-electron chi connectivity index (χ3n) is 4.24. The van der Waals surface area contributed by atoms with Gasteiger partial charge >= 0.3 is 0 Å². The molecule has 1 saturated carbocycles. The largest absolute Gasteiger partial charge is 0.356 e. The number of benzene rings is 1. The molecule has 0 spiro atoms. The Hall–Kier alpha value is -2.12. The molecule has 0 atom stereocenters. The molecule has 27 heavy (non-hydrogen) atoms. The summed E-state index contributed by atoms with van der Waals surface area (Å²) in [6.45, 7) is 3.10. The summed E-state index contributed by atoms with van der Waals surface area (Å²) in [6, 6.07) is 7.61. The Morgan fingerprint density at radius 3 is 2.81 bits per heavy atom. The normalized spacial score (nSPS) is 13.3. The Morgan fingerprint density at radius 2 is 2.11 bits per heavy atom. The van der Waals surface area contributed by atoms with Crippen LogP contribution < -0.4 is 10.6 Å². The van der Waals surface area contributed by atoms with Crippen LogP contribution in [-0.2, 0) is 4.79 Å². The molecule has 144 valence electrons. The Balaban J connectivity index is 1.62. The molecular formula is C19H23ClN4O2S. The van der Waals surface area contributed by atoms with Crippen molar-refractivity contribution in [3.05, 3.63) is 40.4 Å². The van der Waals surface area contributed by atoms with Crippen molar-refractivity contribution < 1.29 is 9.59 Å². The second-order valence-corrected chi connectivity index (χ2v) is 7.74. The zero-order valence-electron chi connectivity index (χ0n) is 15.2. The highest BCUT2D eigenvalue weighted by Crippen LogP contribution is 2.30. The molecule has 0 unspecified atom stereocenters. The number of carbonyl (C=O) groups is 2. The van der Waals surface area contributed by atoms with E-state index in [4.69, 9.17) is 11.6 Å². The number of thiazole rings is 1. The molecule has 0 saturated heterocycles. The maximum Gasteiger partial charge on any atom is 0.273 e. The van der Waals surface area contributed by atoms with Crippen LogP contribution in [0.3, 0.4) is 0 Å². The van der Waals surface area contributed by atoms with E-state index in [2.05, 4.69) is 15.6 Å². The first-order valence-corrected chi connectivity index (χ1v) is 10.4. The quantitative estimate of drug-likeness (QED) is 0.658. The van der Waals surface area contributed by atoms with Crippen LogP contribution in [0.4, 0.5) is 10.8 Å². The molecule has 8 heteroatoms. The fourth-order valence-electron chi connectivity index (χ4n) is 2.67. The van der Waals surface area contributed by atoms with E-state index in [1.165, 1.54) is 11.3 Å². The van der Waals surface area contributed by atoms with Crippen LogP contribution in [0, 0.1) is 0 Å². The number of para-hydroxylation sites is 1. The molecule has 1 aliphatic rings. The first-order valence-electron chi connectivity index (χ1n) is 9.13. The minimum absolute atomic E-state index is 0.0188. The average molecular weight is 407 g/mol. The number of hydrogen-bond donors (Lipinski definition) is 2. The fraction of sp³-hybridized carbons (Fsp3) is 0.421. The van der Waals surface area contributed by atoms with Gasteiger partial charge in [0.25, 0.3) is 5.91 Å². The van der Waals surface area contributed by atoms with Crippen molar-refractivity contribution >= 4 is 45.6 Å². The van der Waals surface area contributed by atoms with Crippen LogP contribution in [-0.4, -0.2) is 40.8 Å². The van der Waals surface area contributed by atoms with Gasteiger partial charge in [-0.3, -0.25) is 9.59 Å². The molecule has 1 aromatic carbocycles. The monoisotopic (exact) mass is 406 g/mol. The van der Waals surface area contributed by atoms with Gasteiger partial charge in [0, 0.05) is 30.9 Å². The number of carbonyl (C=O) groups excluding carboxylic acids is 2. The third kappa shape index (κ3) is 5.43. The van der Waals surface area contributed by atoms with Crippen molar-refractivity contribution in [1.82, 2.24) is 15.2 Å². The van der Waals surface area contributed by atoms with Crippen LogP contribution in [0.2, 0.25) is 5.02 Å². The molecule has 2 amide bonds. The number of rotatable bonds is 9. The van der Waals surface area contributed by atoms with E-state index in [0.717, 1.165) is 24.9 Å². The van der Waals surface area contributed by atoms with E-state index in [9.17, 15) is 9.59 Å². The van der Waals surface area contributed by atoms with Gasteiger partial charge in [0.15, 0.2) is 5.13 Å². The highest BCUT2D eigenvalue weighted by atomic mass is 35.5. The lowest BCUT2D eigenvalue weighted by atomic mass is 10.3. The van der Waals surface area contributed by atoms with Crippen LogP contribution in [0.25, 0.3) is 0 Å². The zero-order valence-corrected chi connectivity index (χ0v) is 16.8. The molecule has 2 aromatic rings. The average Bonchev–Trinajstić information content (AvgIpc) is 3.39. The maximum absolute atomic E-state index is 12.9. The minimum Gasteiger partial charge on any atom is -0.356 e. The van der Waals surface area contributed by atoms with Gasteiger partial charge in [0.1, 0.15) is 5.69 Å². The van der Waals surface area contributed by atoms with Crippen LogP contribution in [0.5, 0.6) is 0 Å². The lowest BCUT2D eigenvalue weighted by molar-refractivity contribution is -0.121.